The van der Waals surface area contributed by atoms with E-state index in [1.54, 1.807) is 24.3 Å². The summed E-state index contributed by atoms with van der Waals surface area (Å²) in [7, 11) is 0. The minimum atomic E-state index is -1.32. The zero-order valence-corrected chi connectivity index (χ0v) is 16.8. The maximum atomic E-state index is 14.2. The molecular formula is C20H21FNNaO2. The summed E-state index contributed by atoms with van der Waals surface area (Å²) in [6.07, 6.45) is 1.72. The number of hydrogen-bond donors (Lipinski definition) is 1. The monoisotopic (exact) mass is 349 g/mol. The number of carbonyl (C=O) groups excluding carboxylic acids is 1. The van der Waals surface area contributed by atoms with E-state index < -0.39 is 12.0 Å². The van der Waals surface area contributed by atoms with Crippen molar-refractivity contribution in [3.63, 3.8) is 0 Å². The number of aliphatic carboxylic acids is 1. The molecule has 0 bridgehead atoms. The van der Waals surface area contributed by atoms with Crippen molar-refractivity contribution in [3.8, 4) is 0 Å². The van der Waals surface area contributed by atoms with Crippen LogP contribution in [0.25, 0.3) is 5.57 Å². The molecule has 25 heavy (non-hydrogen) atoms. The van der Waals surface area contributed by atoms with Crippen LogP contribution in [0.5, 0.6) is 0 Å². The Labute approximate surface area is 170 Å². The van der Waals surface area contributed by atoms with Crippen LogP contribution in [-0.4, -0.2) is 12.0 Å². The summed E-state index contributed by atoms with van der Waals surface area (Å²) in [4.78, 5) is 10.8. The van der Waals surface area contributed by atoms with Gasteiger partial charge in [0.2, 0.25) is 0 Å². The Bertz CT molecular complexity index is 742. The second kappa shape index (κ2) is 9.88. The molecule has 0 saturated carbocycles. The number of rotatable bonds is 6. The van der Waals surface area contributed by atoms with E-state index in [0.29, 0.717) is 17.1 Å². The number of halogens is 1. The molecular weight excluding hydrogens is 328 g/mol. The predicted octanol–water partition coefficient (Wildman–Crippen LogP) is -0.148. The van der Waals surface area contributed by atoms with Crippen LogP contribution in [0.4, 0.5) is 4.39 Å². The van der Waals surface area contributed by atoms with Gasteiger partial charge in [-0.25, -0.2) is 4.39 Å². The van der Waals surface area contributed by atoms with Crippen molar-refractivity contribution < 1.29 is 43.8 Å². The van der Waals surface area contributed by atoms with Crippen molar-refractivity contribution in [2.75, 3.05) is 0 Å². The van der Waals surface area contributed by atoms with Crippen molar-refractivity contribution >= 4 is 11.5 Å². The third-order valence-corrected chi connectivity index (χ3v) is 3.93. The van der Waals surface area contributed by atoms with Crippen LogP contribution in [0.15, 0.2) is 54.6 Å². The van der Waals surface area contributed by atoms with Crippen LogP contribution >= 0.6 is 0 Å². The van der Waals surface area contributed by atoms with Crippen LogP contribution in [0.1, 0.15) is 42.9 Å². The SMILES string of the molecule is CC(C)c1ccc(/C(=C\CC(N)C(=O)[O-])c2ccccc2F)cc1.[Na+]. The number of hydrogen-bond acceptors (Lipinski definition) is 3. The van der Waals surface area contributed by atoms with Crippen molar-refractivity contribution in [2.45, 2.75) is 32.2 Å². The normalized spacial score (nSPS) is 12.6. The first-order chi connectivity index (χ1) is 11.4. The summed E-state index contributed by atoms with van der Waals surface area (Å²) < 4.78 is 14.2. The van der Waals surface area contributed by atoms with Crippen LogP contribution < -0.4 is 40.4 Å². The molecule has 0 spiro atoms. The molecule has 0 fully saturated rings. The van der Waals surface area contributed by atoms with Crippen molar-refractivity contribution in [3.05, 3.63) is 77.1 Å². The molecule has 0 aliphatic rings. The van der Waals surface area contributed by atoms with Gasteiger partial charge in [0.1, 0.15) is 5.82 Å². The van der Waals surface area contributed by atoms with Gasteiger partial charge in [-0.15, -0.1) is 0 Å². The molecule has 5 heteroatoms. The number of carboxylic acid groups (broad SMARTS) is 1. The fourth-order valence-corrected chi connectivity index (χ4v) is 2.45. The average Bonchev–Trinajstić information content (AvgIpc) is 2.56. The Morgan fingerprint density at radius 1 is 1.16 bits per heavy atom. The third kappa shape index (κ3) is 5.79. The summed E-state index contributed by atoms with van der Waals surface area (Å²) in [6, 6.07) is 13.1. The van der Waals surface area contributed by atoms with E-state index >= 15 is 0 Å². The smallest absolute Gasteiger partial charge is 0.548 e. The van der Waals surface area contributed by atoms with E-state index in [1.165, 1.54) is 11.6 Å². The molecule has 3 nitrogen and oxygen atoms in total. The van der Waals surface area contributed by atoms with Crippen molar-refractivity contribution in [2.24, 2.45) is 5.73 Å². The van der Waals surface area contributed by atoms with Crippen LogP contribution in [0.2, 0.25) is 0 Å². The summed E-state index contributed by atoms with van der Waals surface area (Å²) in [5, 5.41) is 10.8. The quantitative estimate of drug-likeness (QED) is 0.738. The molecule has 2 rings (SSSR count). The molecule has 0 aromatic heterocycles. The van der Waals surface area contributed by atoms with E-state index in [1.807, 2.05) is 24.3 Å². The minimum absolute atomic E-state index is 0. The molecule has 0 radical (unpaired) electrons. The maximum Gasteiger partial charge on any atom is 1.00 e. The van der Waals surface area contributed by atoms with E-state index in [0.717, 1.165) is 5.56 Å². The van der Waals surface area contributed by atoms with Gasteiger partial charge in [-0.3, -0.25) is 0 Å². The average molecular weight is 349 g/mol. The van der Waals surface area contributed by atoms with Gasteiger partial charge in [0, 0.05) is 11.6 Å². The summed E-state index contributed by atoms with van der Waals surface area (Å²) in [6.45, 7) is 4.20. The molecule has 0 aliphatic heterocycles. The summed E-state index contributed by atoms with van der Waals surface area (Å²) in [5.41, 5.74) is 8.56. The fourth-order valence-electron chi connectivity index (χ4n) is 2.45. The van der Waals surface area contributed by atoms with E-state index in [4.69, 9.17) is 5.73 Å². The van der Waals surface area contributed by atoms with Crippen LogP contribution in [-0.2, 0) is 4.79 Å². The first kappa shape index (κ1) is 21.6. The Morgan fingerprint density at radius 2 is 1.76 bits per heavy atom. The van der Waals surface area contributed by atoms with E-state index in [2.05, 4.69) is 13.8 Å². The van der Waals surface area contributed by atoms with Crippen molar-refractivity contribution in [1.29, 1.82) is 0 Å². The molecule has 1 unspecified atom stereocenters. The first-order valence-electron chi connectivity index (χ1n) is 7.92. The van der Waals surface area contributed by atoms with Gasteiger partial charge in [0.15, 0.2) is 0 Å². The van der Waals surface area contributed by atoms with Gasteiger partial charge in [0.05, 0.1) is 5.97 Å². The zero-order valence-electron chi connectivity index (χ0n) is 14.8. The van der Waals surface area contributed by atoms with E-state index in [-0.39, 0.29) is 41.8 Å². The number of carboxylic acids is 1. The second-order valence-corrected chi connectivity index (χ2v) is 6.04. The Kier molecular flexibility index (Phi) is 8.53. The Morgan fingerprint density at radius 3 is 2.28 bits per heavy atom. The van der Waals surface area contributed by atoms with Gasteiger partial charge in [-0.1, -0.05) is 62.4 Å². The van der Waals surface area contributed by atoms with Gasteiger partial charge in [0.25, 0.3) is 0 Å². The van der Waals surface area contributed by atoms with Gasteiger partial charge >= 0.3 is 29.6 Å². The predicted molar refractivity (Wildman–Crippen MR) is 91.6 cm³/mol. The minimum Gasteiger partial charge on any atom is -0.548 e. The molecule has 0 heterocycles. The van der Waals surface area contributed by atoms with E-state index in [9.17, 15) is 14.3 Å². The largest absolute Gasteiger partial charge is 1.00 e. The summed E-state index contributed by atoms with van der Waals surface area (Å²) in [5.74, 6) is -1.29. The molecule has 2 aromatic rings. The molecule has 2 aromatic carbocycles. The Balaban J connectivity index is 0.00000312. The third-order valence-electron chi connectivity index (χ3n) is 3.93. The van der Waals surface area contributed by atoms with Gasteiger partial charge in [-0.2, -0.15) is 0 Å². The number of benzene rings is 2. The molecule has 126 valence electrons. The molecule has 0 saturated heterocycles. The first-order valence-corrected chi connectivity index (χ1v) is 7.92. The van der Waals surface area contributed by atoms with Gasteiger partial charge < -0.3 is 15.6 Å². The zero-order chi connectivity index (χ0) is 17.7. The molecule has 0 aliphatic carbocycles. The second-order valence-electron chi connectivity index (χ2n) is 6.04. The van der Waals surface area contributed by atoms with Crippen LogP contribution in [0.3, 0.4) is 0 Å². The number of nitrogens with two attached hydrogens (primary N) is 1. The van der Waals surface area contributed by atoms with Crippen molar-refractivity contribution in [1.82, 2.24) is 0 Å². The molecule has 2 N–H and O–H groups in total. The maximum absolute atomic E-state index is 14.2. The van der Waals surface area contributed by atoms with Crippen LogP contribution in [0, 0.1) is 5.82 Å². The molecule has 1 atom stereocenters. The summed E-state index contributed by atoms with van der Waals surface area (Å²) >= 11 is 0. The molecule has 0 amide bonds. The fraction of sp³-hybridized carbons (Fsp3) is 0.250. The number of carbonyl (C=O) groups is 1. The van der Waals surface area contributed by atoms with Gasteiger partial charge in [-0.05, 0) is 35.1 Å². The topological polar surface area (TPSA) is 66.2 Å². The Hall–Kier alpha value is -1.46. The standard InChI is InChI=1S/C20H22FNO2.Na/c1-13(2)14-7-9-15(10-8-14)16(11-12-19(22)20(23)24)17-5-3-4-6-18(17)21;/h3-11,13,19H,12,22H2,1-2H3,(H,23,24);/q;+1/p-1/b16-11+;.